The Hall–Kier alpha value is -3.27. The highest BCUT2D eigenvalue weighted by molar-refractivity contribution is 5.89. The van der Waals surface area contributed by atoms with Gasteiger partial charge in [-0.1, -0.05) is 0 Å². The fourth-order valence-corrected chi connectivity index (χ4v) is 2.35. The number of nitrogens with one attached hydrogen (secondary N) is 1. The van der Waals surface area contributed by atoms with Crippen molar-refractivity contribution in [1.29, 1.82) is 5.26 Å². The highest BCUT2D eigenvalue weighted by Crippen LogP contribution is 2.22. The fraction of sp³-hybridized carbons (Fsp3) is 0.188. The lowest BCUT2D eigenvalue weighted by atomic mass is 10.1. The molecular formula is C16H15N7. The summed E-state index contributed by atoms with van der Waals surface area (Å²) in [6, 6.07) is 7.48. The minimum Gasteiger partial charge on any atom is -0.383 e. The third kappa shape index (κ3) is 3.01. The first-order valence-corrected chi connectivity index (χ1v) is 7.07. The van der Waals surface area contributed by atoms with Crippen molar-refractivity contribution in [3.8, 4) is 6.07 Å². The molecule has 114 valence electrons. The maximum Gasteiger partial charge on any atom is 0.227 e. The van der Waals surface area contributed by atoms with Crippen molar-refractivity contribution in [2.45, 2.75) is 20.4 Å². The van der Waals surface area contributed by atoms with E-state index in [9.17, 15) is 0 Å². The van der Waals surface area contributed by atoms with Gasteiger partial charge in [-0.2, -0.15) is 15.2 Å². The molecule has 3 aromatic heterocycles. The van der Waals surface area contributed by atoms with E-state index < -0.39 is 0 Å². The molecule has 0 amide bonds. The van der Waals surface area contributed by atoms with Gasteiger partial charge >= 0.3 is 0 Å². The molecule has 3 N–H and O–H groups in total. The van der Waals surface area contributed by atoms with E-state index >= 15 is 0 Å². The second kappa shape index (κ2) is 5.85. The highest BCUT2D eigenvalue weighted by atomic mass is 15.1. The van der Waals surface area contributed by atoms with Crippen LogP contribution in [-0.2, 0) is 6.54 Å². The van der Waals surface area contributed by atoms with Crippen molar-refractivity contribution >= 4 is 22.8 Å². The molecule has 23 heavy (non-hydrogen) atoms. The molecule has 0 bridgehead atoms. The van der Waals surface area contributed by atoms with E-state index in [1.165, 1.54) is 6.20 Å². The Bertz CT molecular complexity index is 910. The van der Waals surface area contributed by atoms with Gasteiger partial charge in [-0.3, -0.25) is 4.98 Å². The van der Waals surface area contributed by atoms with Crippen molar-refractivity contribution in [1.82, 2.24) is 19.9 Å². The number of fused-ring (bicyclic) bond motifs is 1. The van der Waals surface area contributed by atoms with Gasteiger partial charge in [0, 0.05) is 11.9 Å². The molecule has 3 aromatic rings. The maximum atomic E-state index is 8.77. The SMILES string of the molecule is Cc1cc(C)c2c(N)nc(NCc3ccc(C#N)cn3)nc2n1. The highest BCUT2D eigenvalue weighted by Gasteiger charge is 2.10. The molecule has 0 unspecified atom stereocenters. The molecule has 0 aliphatic carbocycles. The molecule has 0 saturated heterocycles. The number of nitrogen functional groups attached to an aromatic ring is 1. The number of hydrogen-bond acceptors (Lipinski definition) is 7. The number of hydrogen-bond donors (Lipinski definition) is 2. The molecule has 0 atom stereocenters. The zero-order valence-corrected chi connectivity index (χ0v) is 12.8. The summed E-state index contributed by atoms with van der Waals surface area (Å²) >= 11 is 0. The summed E-state index contributed by atoms with van der Waals surface area (Å²) in [5.74, 6) is 0.800. The predicted octanol–water partition coefficient (Wildman–Crippen LogP) is 2.10. The van der Waals surface area contributed by atoms with Gasteiger partial charge in [0.05, 0.1) is 23.2 Å². The molecule has 0 saturated carbocycles. The average molecular weight is 305 g/mol. The second-order valence-electron chi connectivity index (χ2n) is 5.22. The zero-order valence-electron chi connectivity index (χ0n) is 12.8. The van der Waals surface area contributed by atoms with Gasteiger partial charge in [0.1, 0.15) is 11.9 Å². The largest absolute Gasteiger partial charge is 0.383 e. The fourth-order valence-electron chi connectivity index (χ4n) is 2.35. The molecule has 0 radical (unpaired) electrons. The maximum absolute atomic E-state index is 8.77. The Morgan fingerprint density at radius 2 is 2.04 bits per heavy atom. The monoisotopic (exact) mass is 305 g/mol. The van der Waals surface area contributed by atoms with Crippen LogP contribution in [0.15, 0.2) is 24.4 Å². The molecule has 0 spiro atoms. The molecule has 0 aliphatic rings. The average Bonchev–Trinajstić information content (AvgIpc) is 2.52. The van der Waals surface area contributed by atoms with Crippen molar-refractivity contribution < 1.29 is 0 Å². The first-order valence-electron chi connectivity index (χ1n) is 7.07. The lowest BCUT2D eigenvalue weighted by molar-refractivity contribution is 1.00. The van der Waals surface area contributed by atoms with Gasteiger partial charge in [0.25, 0.3) is 0 Å². The van der Waals surface area contributed by atoms with Gasteiger partial charge in [0.15, 0.2) is 5.65 Å². The number of anilines is 2. The third-order valence-corrected chi connectivity index (χ3v) is 3.40. The number of nitrogens with zero attached hydrogens (tertiary/aromatic N) is 5. The number of aromatic nitrogens is 4. The molecular weight excluding hydrogens is 290 g/mol. The van der Waals surface area contributed by atoms with Crippen LogP contribution in [0.5, 0.6) is 0 Å². The van der Waals surface area contributed by atoms with Crippen LogP contribution < -0.4 is 11.1 Å². The summed E-state index contributed by atoms with van der Waals surface area (Å²) in [6.45, 7) is 4.31. The van der Waals surface area contributed by atoms with E-state index in [4.69, 9.17) is 11.0 Å². The molecule has 0 aliphatic heterocycles. The lowest BCUT2D eigenvalue weighted by Gasteiger charge is -2.09. The van der Waals surface area contributed by atoms with Crippen LogP contribution in [0.1, 0.15) is 22.5 Å². The van der Waals surface area contributed by atoms with Crippen LogP contribution in [0.25, 0.3) is 11.0 Å². The first-order chi connectivity index (χ1) is 11.1. The molecule has 3 heterocycles. The van der Waals surface area contributed by atoms with Crippen LogP contribution in [0.3, 0.4) is 0 Å². The van der Waals surface area contributed by atoms with Crippen LogP contribution in [0.2, 0.25) is 0 Å². The quantitative estimate of drug-likeness (QED) is 0.761. The van der Waals surface area contributed by atoms with Crippen molar-refractivity contribution in [2.24, 2.45) is 0 Å². The Kier molecular flexibility index (Phi) is 3.73. The summed E-state index contributed by atoms with van der Waals surface area (Å²) < 4.78 is 0. The third-order valence-electron chi connectivity index (χ3n) is 3.40. The summed E-state index contributed by atoms with van der Waals surface area (Å²) in [5, 5.41) is 12.6. The number of aryl methyl sites for hydroxylation is 2. The molecule has 7 nitrogen and oxygen atoms in total. The Balaban J connectivity index is 1.87. The summed E-state index contributed by atoms with van der Waals surface area (Å²) in [5.41, 5.74) is 9.79. The van der Waals surface area contributed by atoms with E-state index in [2.05, 4.69) is 25.3 Å². The van der Waals surface area contributed by atoms with Gasteiger partial charge in [-0.05, 0) is 37.6 Å². The number of nitriles is 1. The van der Waals surface area contributed by atoms with E-state index in [0.29, 0.717) is 29.5 Å². The molecule has 3 rings (SSSR count). The molecule has 7 heteroatoms. The summed E-state index contributed by atoms with van der Waals surface area (Å²) in [4.78, 5) is 17.3. The molecule has 0 aromatic carbocycles. The van der Waals surface area contributed by atoms with Crippen LogP contribution in [0.4, 0.5) is 11.8 Å². The smallest absolute Gasteiger partial charge is 0.227 e. The van der Waals surface area contributed by atoms with E-state index in [1.807, 2.05) is 26.0 Å². The standard InChI is InChI=1S/C16H15N7/c1-9-5-10(2)21-15-13(9)14(18)22-16(23-15)20-8-12-4-3-11(6-17)7-19-12/h3-5,7H,8H2,1-2H3,(H3,18,20,21,22,23). The number of nitrogens with two attached hydrogens (primary N) is 1. The number of pyridine rings is 2. The first kappa shape index (κ1) is 14.7. The van der Waals surface area contributed by atoms with Gasteiger partial charge in [0.2, 0.25) is 5.95 Å². The summed E-state index contributed by atoms with van der Waals surface area (Å²) in [6.07, 6.45) is 1.53. The molecule has 0 fully saturated rings. The lowest BCUT2D eigenvalue weighted by Crippen LogP contribution is -2.08. The van der Waals surface area contributed by atoms with Gasteiger partial charge in [-0.25, -0.2) is 4.98 Å². The van der Waals surface area contributed by atoms with E-state index in [0.717, 1.165) is 22.3 Å². The normalized spacial score (nSPS) is 10.5. The Morgan fingerprint density at radius 3 is 2.74 bits per heavy atom. The van der Waals surface area contributed by atoms with Crippen LogP contribution in [-0.4, -0.2) is 19.9 Å². The topological polar surface area (TPSA) is 113 Å². The van der Waals surface area contributed by atoms with E-state index in [-0.39, 0.29) is 0 Å². The zero-order chi connectivity index (χ0) is 16.4. The van der Waals surface area contributed by atoms with E-state index in [1.54, 1.807) is 12.1 Å². The van der Waals surface area contributed by atoms with Crippen molar-refractivity contribution in [2.75, 3.05) is 11.1 Å². The minimum absolute atomic E-state index is 0.398. The Morgan fingerprint density at radius 1 is 1.22 bits per heavy atom. The van der Waals surface area contributed by atoms with Crippen LogP contribution >= 0.6 is 0 Å². The predicted molar refractivity (Wildman–Crippen MR) is 87.5 cm³/mol. The second-order valence-corrected chi connectivity index (χ2v) is 5.22. The summed E-state index contributed by atoms with van der Waals surface area (Å²) in [7, 11) is 0. The minimum atomic E-state index is 0.398. The van der Waals surface area contributed by atoms with Crippen LogP contribution in [0, 0.1) is 25.2 Å². The number of rotatable bonds is 3. The van der Waals surface area contributed by atoms with Gasteiger partial charge in [-0.15, -0.1) is 0 Å². The Labute approximate surface area is 133 Å². The van der Waals surface area contributed by atoms with Crippen molar-refractivity contribution in [3.63, 3.8) is 0 Å². The van der Waals surface area contributed by atoms with Crippen molar-refractivity contribution in [3.05, 3.63) is 46.9 Å². The van der Waals surface area contributed by atoms with Gasteiger partial charge < -0.3 is 11.1 Å².